The highest BCUT2D eigenvalue weighted by Gasteiger charge is 2.25. The number of aliphatic hydroxyl groups excluding tert-OH is 1. The first kappa shape index (κ1) is 16.8. The van der Waals surface area contributed by atoms with Crippen molar-refractivity contribution in [2.45, 2.75) is 25.4 Å². The predicted octanol–water partition coefficient (Wildman–Crippen LogP) is 1.96. The molecule has 7 heteroatoms. The topological polar surface area (TPSA) is 70.3 Å². The standard InChI is InChI=1S/C19H24N6O/c1-23(11-19-22-15-7-3-4-8-16(15)24(19)2)17-10-18(21-13-20-17)25-9-5-6-14(25)12-26/h3-4,7-8,10,13-14,26H,5-6,9,11-12H2,1-2H3. The van der Waals surface area contributed by atoms with Gasteiger partial charge in [0.15, 0.2) is 0 Å². The molecule has 3 aromatic rings. The Kier molecular flexibility index (Phi) is 4.46. The van der Waals surface area contributed by atoms with Gasteiger partial charge in [0.2, 0.25) is 0 Å². The predicted molar refractivity (Wildman–Crippen MR) is 102 cm³/mol. The van der Waals surface area contributed by atoms with E-state index in [1.54, 1.807) is 6.33 Å². The first-order valence-corrected chi connectivity index (χ1v) is 8.98. The molecule has 0 amide bonds. The maximum atomic E-state index is 9.56. The Hall–Kier alpha value is -2.67. The van der Waals surface area contributed by atoms with E-state index in [9.17, 15) is 5.11 Å². The zero-order valence-electron chi connectivity index (χ0n) is 15.2. The molecule has 136 valence electrons. The van der Waals surface area contributed by atoms with Crippen molar-refractivity contribution in [2.75, 3.05) is 30.0 Å². The van der Waals surface area contributed by atoms with Gasteiger partial charge >= 0.3 is 0 Å². The molecule has 0 spiro atoms. The van der Waals surface area contributed by atoms with Crippen LogP contribution in [0.3, 0.4) is 0 Å². The highest BCUT2D eigenvalue weighted by Crippen LogP contribution is 2.26. The van der Waals surface area contributed by atoms with Crippen molar-refractivity contribution in [3.05, 3.63) is 42.5 Å². The second-order valence-corrected chi connectivity index (χ2v) is 6.84. The van der Waals surface area contributed by atoms with E-state index in [4.69, 9.17) is 4.98 Å². The number of fused-ring (bicyclic) bond motifs is 1. The number of nitrogens with zero attached hydrogens (tertiary/aromatic N) is 6. The molecule has 2 aromatic heterocycles. The molecule has 1 fully saturated rings. The number of para-hydroxylation sites is 2. The second-order valence-electron chi connectivity index (χ2n) is 6.84. The summed E-state index contributed by atoms with van der Waals surface area (Å²) in [6, 6.07) is 10.3. The maximum Gasteiger partial charge on any atom is 0.134 e. The number of benzene rings is 1. The van der Waals surface area contributed by atoms with Crippen LogP contribution in [-0.2, 0) is 13.6 Å². The van der Waals surface area contributed by atoms with Gasteiger partial charge in [-0.25, -0.2) is 15.0 Å². The number of hydrogen-bond donors (Lipinski definition) is 1. The zero-order chi connectivity index (χ0) is 18.1. The van der Waals surface area contributed by atoms with E-state index < -0.39 is 0 Å². The van der Waals surface area contributed by atoms with Gasteiger partial charge in [-0.2, -0.15) is 0 Å². The number of anilines is 2. The summed E-state index contributed by atoms with van der Waals surface area (Å²) in [7, 11) is 4.05. The number of rotatable bonds is 5. The smallest absolute Gasteiger partial charge is 0.134 e. The Balaban J connectivity index is 1.57. The third-order valence-corrected chi connectivity index (χ3v) is 5.17. The van der Waals surface area contributed by atoms with Crippen molar-refractivity contribution in [3.8, 4) is 0 Å². The minimum absolute atomic E-state index is 0.155. The van der Waals surface area contributed by atoms with Gasteiger partial charge in [-0.05, 0) is 25.0 Å². The molecule has 1 aromatic carbocycles. The average molecular weight is 352 g/mol. The van der Waals surface area contributed by atoms with Gasteiger partial charge in [0.1, 0.15) is 23.8 Å². The fourth-order valence-electron chi connectivity index (χ4n) is 3.66. The Labute approximate surface area is 152 Å². The number of imidazole rings is 1. The molecular formula is C19H24N6O. The zero-order valence-corrected chi connectivity index (χ0v) is 15.2. The molecule has 3 heterocycles. The van der Waals surface area contributed by atoms with Gasteiger partial charge in [0.05, 0.1) is 30.2 Å². The third kappa shape index (κ3) is 2.99. The number of hydrogen-bond acceptors (Lipinski definition) is 6. The summed E-state index contributed by atoms with van der Waals surface area (Å²) in [6.45, 7) is 1.75. The summed E-state index contributed by atoms with van der Waals surface area (Å²) < 4.78 is 2.12. The molecule has 1 atom stereocenters. The molecule has 7 nitrogen and oxygen atoms in total. The quantitative estimate of drug-likeness (QED) is 0.757. The molecule has 0 radical (unpaired) electrons. The lowest BCUT2D eigenvalue weighted by molar-refractivity contribution is 0.266. The molecule has 26 heavy (non-hydrogen) atoms. The summed E-state index contributed by atoms with van der Waals surface area (Å²) in [4.78, 5) is 17.8. The molecule has 1 aliphatic rings. The molecule has 1 saturated heterocycles. The van der Waals surface area contributed by atoms with Gasteiger partial charge in [-0.3, -0.25) is 0 Å². The van der Waals surface area contributed by atoms with Gasteiger partial charge in [-0.1, -0.05) is 12.1 Å². The third-order valence-electron chi connectivity index (χ3n) is 5.17. The fraction of sp³-hybridized carbons (Fsp3) is 0.421. The minimum atomic E-state index is 0.155. The van der Waals surface area contributed by atoms with Crippen molar-refractivity contribution in [2.24, 2.45) is 7.05 Å². The van der Waals surface area contributed by atoms with Crippen molar-refractivity contribution in [3.63, 3.8) is 0 Å². The molecule has 0 aliphatic carbocycles. The lowest BCUT2D eigenvalue weighted by Gasteiger charge is -2.25. The molecule has 1 unspecified atom stereocenters. The van der Waals surface area contributed by atoms with E-state index in [1.165, 1.54) is 0 Å². The lowest BCUT2D eigenvalue weighted by atomic mass is 10.2. The molecule has 1 aliphatic heterocycles. The van der Waals surface area contributed by atoms with Crippen LogP contribution in [-0.4, -0.2) is 50.9 Å². The number of aromatic nitrogens is 4. The lowest BCUT2D eigenvalue weighted by Crippen LogP contribution is -2.33. The average Bonchev–Trinajstić information content (AvgIpc) is 3.27. The Morgan fingerprint density at radius 2 is 2.12 bits per heavy atom. The summed E-state index contributed by atoms with van der Waals surface area (Å²) in [5.41, 5.74) is 2.13. The van der Waals surface area contributed by atoms with E-state index in [0.29, 0.717) is 6.54 Å². The van der Waals surface area contributed by atoms with Crippen molar-refractivity contribution in [1.82, 2.24) is 19.5 Å². The van der Waals surface area contributed by atoms with Crippen LogP contribution >= 0.6 is 0 Å². The monoisotopic (exact) mass is 352 g/mol. The van der Waals surface area contributed by atoms with Crippen LogP contribution in [0.4, 0.5) is 11.6 Å². The van der Waals surface area contributed by atoms with Crippen LogP contribution in [0.1, 0.15) is 18.7 Å². The highest BCUT2D eigenvalue weighted by atomic mass is 16.3. The Morgan fingerprint density at radius 1 is 1.27 bits per heavy atom. The molecular weight excluding hydrogens is 328 g/mol. The maximum absolute atomic E-state index is 9.56. The molecule has 0 bridgehead atoms. The van der Waals surface area contributed by atoms with Gasteiger partial charge in [-0.15, -0.1) is 0 Å². The van der Waals surface area contributed by atoms with Crippen LogP contribution in [0.2, 0.25) is 0 Å². The molecule has 4 rings (SSSR count). The van der Waals surface area contributed by atoms with Crippen molar-refractivity contribution < 1.29 is 5.11 Å². The number of aliphatic hydroxyl groups is 1. The van der Waals surface area contributed by atoms with Gasteiger partial charge in [0.25, 0.3) is 0 Å². The van der Waals surface area contributed by atoms with E-state index in [-0.39, 0.29) is 12.6 Å². The summed E-state index contributed by atoms with van der Waals surface area (Å²) in [5, 5.41) is 9.56. The van der Waals surface area contributed by atoms with Crippen LogP contribution in [0.25, 0.3) is 11.0 Å². The number of aryl methyl sites for hydroxylation is 1. The molecule has 0 saturated carbocycles. The summed E-state index contributed by atoms with van der Waals surface area (Å²) >= 11 is 0. The van der Waals surface area contributed by atoms with E-state index in [0.717, 1.165) is 47.9 Å². The second kappa shape index (κ2) is 6.92. The first-order chi connectivity index (χ1) is 12.7. The van der Waals surface area contributed by atoms with Gasteiger partial charge < -0.3 is 19.5 Å². The normalized spacial score (nSPS) is 17.2. The highest BCUT2D eigenvalue weighted by molar-refractivity contribution is 5.75. The van der Waals surface area contributed by atoms with E-state index in [1.807, 2.05) is 38.4 Å². The molecule has 1 N–H and O–H groups in total. The van der Waals surface area contributed by atoms with Crippen LogP contribution < -0.4 is 9.80 Å². The van der Waals surface area contributed by atoms with Crippen molar-refractivity contribution >= 4 is 22.7 Å². The van der Waals surface area contributed by atoms with Crippen LogP contribution in [0.5, 0.6) is 0 Å². The van der Waals surface area contributed by atoms with Crippen LogP contribution in [0, 0.1) is 0 Å². The Morgan fingerprint density at radius 3 is 2.92 bits per heavy atom. The Bertz CT molecular complexity index is 908. The SMILES string of the molecule is CN(Cc1nc2ccccc2n1C)c1cc(N2CCCC2CO)ncn1. The van der Waals surface area contributed by atoms with E-state index >= 15 is 0 Å². The summed E-state index contributed by atoms with van der Waals surface area (Å²) in [6.07, 6.45) is 3.69. The summed E-state index contributed by atoms with van der Waals surface area (Å²) in [5.74, 6) is 2.72. The first-order valence-electron chi connectivity index (χ1n) is 8.98. The van der Waals surface area contributed by atoms with Crippen LogP contribution in [0.15, 0.2) is 36.7 Å². The minimum Gasteiger partial charge on any atom is -0.394 e. The fourth-order valence-corrected chi connectivity index (χ4v) is 3.66. The van der Waals surface area contributed by atoms with E-state index in [2.05, 4.69) is 30.4 Å². The van der Waals surface area contributed by atoms with Crippen molar-refractivity contribution in [1.29, 1.82) is 0 Å². The van der Waals surface area contributed by atoms with Gasteiger partial charge in [0, 0.05) is 26.7 Å². The largest absolute Gasteiger partial charge is 0.394 e.